The fourth-order valence-electron chi connectivity index (χ4n) is 4.11. The van der Waals surface area contributed by atoms with Crippen molar-refractivity contribution in [1.82, 2.24) is 24.6 Å². The molecule has 1 aliphatic rings. The number of aromatic nitrogens is 3. The van der Waals surface area contributed by atoms with Gasteiger partial charge >= 0.3 is 0 Å². The molecular weight excluding hydrogens is 431 g/mol. The molecule has 1 aromatic carbocycles. The quantitative estimate of drug-likeness (QED) is 0.479. The second-order valence-electron chi connectivity index (χ2n) is 7.59. The van der Waals surface area contributed by atoms with E-state index in [1.807, 2.05) is 18.3 Å². The molecule has 0 saturated heterocycles. The van der Waals surface area contributed by atoms with Crippen LogP contribution in [0.5, 0.6) is 0 Å². The zero-order valence-electron chi connectivity index (χ0n) is 18.4. The highest BCUT2D eigenvalue weighted by Crippen LogP contribution is 2.34. The van der Waals surface area contributed by atoms with Crippen molar-refractivity contribution in [1.29, 1.82) is 0 Å². The molecule has 1 aliphatic heterocycles. The van der Waals surface area contributed by atoms with E-state index in [4.69, 9.17) is 33.2 Å². The second-order valence-corrected chi connectivity index (χ2v) is 8.38. The Kier molecular flexibility index (Phi) is 6.42. The zero-order valence-corrected chi connectivity index (χ0v) is 19.9. The van der Waals surface area contributed by atoms with Crippen LogP contribution in [-0.4, -0.2) is 57.3 Å². The minimum atomic E-state index is 0.216. The van der Waals surface area contributed by atoms with Gasteiger partial charge < -0.3 is 14.5 Å². The molecule has 0 saturated carbocycles. The Morgan fingerprint density at radius 3 is 2.45 bits per heavy atom. The Hall–Kier alpha value is -2.28. The van der Waals surface area contributed by atoms with Gasteiger partial charge in [-0.05, 0) is 51.1 Å². The fourth-order valence-corrected chi connectivity index (χ4v) is 4.46. The van der Waals surface area contributed by atoms with Crippen LogP contribution in [0.4, 0.5) is 5.82 Å². The number of hydrazine groups is 1. The van der Waals surface area contributed by atoms with Crippen LogP contribution in [0.1, 0.15) is 20.8 Å². The summed E-state index contributed by atoms with van der Waals surface area (Å²) in [5.74, 6) is 1.81. The van der Waals surface area contributed by atoms with Crippen LogP contribution in [0.3, 0.4) is 0 Å². The highest BCUT2D eigenvalue weighted by Gasteiger charge is 2.25. The number of pyridine rings is 1. The summed E-state index contributed by atoms with van der Waals surface area (Å²) in [6.07, 6.45) is 6.25. The van der Waals surface area contributed by atoms with Crippen molar-refractivity contribution in [2.45, 2.75) is 33.4 Å². The van der Waals surface area contributed by atoms with Crippen molar-refractivity contribution in [3.63, 3.8) is 0 Å². The van der Waals surface area contributed by atoms with Crippen molar-refractivity contribution >= 4 is 40.1 Å². The van der Waals surface area contributed by atoms with Gasteiger partial charge in [-0.25, -0.2) is 15.0 Å². The van der Waals surface area contributed by atoms with Gasteiger partial charge in [-0.3, -0.25) is 0 Å². The molecule has 1 atom stereocenters. The standard InChI is InChI=1S/C23H28Cl2N6/c1-5-29(6-2)20-11-8-16(14-26-20)23-27-22-19(10-9-18(24)21(22)25)31(23)15-17-12-13-30(7-3)28(17)4/h8-14,17H,5-7,15H2,1-4H3. The molecular formula is C23H28Cl2N6. The maximum absolute atomic E-state index is 6.53. The average molecular weight is 459 g/mol. The molecule has 6 nitrogen and oxygen atoms in total. The van der Waals surface area contributed by atoms with E-state index in [-0.39, 0.29) is 6.04 Å². The number of nitrogens with zero attached hydrogens (tertiary/aromatic N) is 6. The summed E-state index contributed by atoms with van der Waals surface area (Å²) in [7, 11) is 2.11. The molecule has 0 bridgehead atoms. The second kappa shape index (κ2) is 9.07. The number of hydrogen-bond acceptors (Lipinski definition) is 5. The molecule has 2 aromatic heterocycles. The number of rotatable bonds is 7. The molecule has 164 valence electrons. The van der Waals surface area contributed by atoms with Crippen molar-refractivity contribution in [3.05, 3.63) is 52.8 Å². The van der Waals surface area contributed by atoms with Crippen LogP contribution in [0.2, 0.25) is 10.0 Å². The van der Waals surface area contributed by atoms with E-state index < -0.39 is 0 Å². The molecule has 1 unspecified atom stereocenters. The van der Waals surface area contributed by atoms with Gasteiger partial charge in [0.25, 0.3) is 0 Å². The molecule has 0 aliphatic carbocycles. The van der Waals surface area contributed by atoms with Crippen LogP contribution >= 0.6 is 23.2 Å². The molecule has 8 heteroatoms. The molecule has 4 rings (SSSR count). The zero-order chi connectivity index (χ0) is 22.1. The Bertz CT molecular complexity index is 1090. The molecule has 0 N–H and O–H groups in total. The van der Waals surface area contributed by atoms with E-state index in [1.165, 1.54) is 0 Å². The van der Waals surface area contributed by atoms with E-state index in [2.05, 4.69) is 71.7 Å². The van der Waals surface area contributed by atoms with Gasteiger partial charge in [0.1, 0.15) is 17.2 Å². The summed E-state index contributed by atoms with van der Waals surface area (Å²) in [5, 5.41) is 5.44. The Morgan fingerprint density at radius 1 is 1.06 bits per heavy atom. The van der Waals surface area contributed by atoms with Crippen molar-refractivity contribution in [2.24, 2.45) is 0 Å². The van der Waals surface area contributed by atoms with Gasteiger partial charge in [-0.2, -0.15) is 0 Å². The summed E-state index contributed by atoms with van der Waals surface area (Å²) >= 11 is 12.8. The third kappa shape index (κ3) is 4.00. The molecule has 0 spiro atoms. The largest absolute Gasteiger partial charge is 0.357 e. The predicted molar refractivity (Wildman–Crippen MR) is 130 cm³/mol. The Balaban J connectivity index is 1.78. The topological polar surface area (TPSA) is 40.4 Å². The van der Waals surface area contributed by atoms with Crippen LogP contribution in [-0.2, 0) is 6.54 Å². The number of anilines is 1. The maximum atomic E-state index is 6.53. The van der Waals surface area contributed by atoms with Crippen LogP contribution in [0.15, 0.2) is 42.7 Å². The minimum Gasteiger partial charge on any atom is -0.357 e. The van der Waals surface area contributed by atoms with Gasteiger partial charge in [0.15, 0.2) is 0 Å². The van der Waals surface area contributed by atoms with Gasteiger partial charge in [-0.1, -0.05) is 23.2 Å². The van der Waals surface area contributed by atoms with Crippen LogP contribution < -0.4 is 4.90 Å². The molecule has 3 heterocycles. The molecule has 0 amide bonds. The van der Waals surface area contributed by atoms with Gasteiger partial charge in [0.2, 0.25) is 0 Å². The molecule has 0 fully saturated rings. The summed E-state index contributed by atoms with van der Waals surface area (Å²) < 4.78 is 2.22. The summed E-state index contributed by atoms with van der Waals surface area (Å²) in [4.78, 5) is 11.8. The lowest BCUT2D eigenvalue weighted by Gasteiger charge is -2.29. The summed E-state index contributed by atoms with van der Waals surface area (Å²) in [6, 6.07) is 8.19. The van der Waals surface area contributed by atoms with Crippen molar-refractivity contribution in [3.8, 4) is 11.4 Å². The monoisotopic (exact) mass is 458 g/mol. The molecule has 3 aromatic rings. The first-order chi connectivity index (χ1) is 15.0. The van der Waals surface area contributed by atoms with Crippen molar-refractivity contribution < 1.29 is 0 Å². The predicted octanol–water partition coefficient (Wildman–Crippen LogP) is 5.32. The van der Waals surface area contributed by atoms with Gasteiger partial charge in [0, 0.05) is 51.2 Å². The maximum Gasteiger partial charge on any atom is 0.142 e. The van der Waals surface area contributed by atoms with Gasteiger partial charge in [-0.15, -0.1) is 0 Å². The highest BCUT2D eigenvalue weighted by molar-refractivity contribution is 6.45. The van der Waals surface area contributed by atoms with E-state index in [0.29, 0.717) is 15.6 Å². The first-order valence-electron chi connectivity index (χ1n) is 10.7. The summed E-state index contributed by atoms with van der Waals surface area (Å²) in [6.45, 7) is 9.93. The fraction of sp³-hybridized carbons (Fsp3) is 0.391. The smallest absolute Gasteiger partial charge is 0.142 e. The average Bonchev–Trinajstić information content (AvgIpc) is 3.33. The minimum absolute atomic E-state index is 0.216. The molecule has 0 radical (unpaired) electrons. The Labute approximate surface area is 193 Å². The third-order valence-electron chi connectivity index (χ3n) is 5.96. The first-order valence-corrected chi connectivity index (χ1v) is 11.5. The van der Waals surface area contributed by atoms with Crippen LogP contribution in [0, 0.1) is 0 Å². The SMILES string of the molecule is CCN(CC)c1ccc(-c2nc3c(Cl)c(Cl)ccc3n2CC2C=CN(CC)N2C)cn1. The van der Waals surface area contributed by atoms with E-state index in [0.717, 1.165) is 48.9 Å². The van der Waals surface area contributed by atoms with Crippen LogP contribution in [0.25, 0.3) is 22.4 Å². The lowest BCUT2D eigenvalue weighted by Crippen LogP contribution is -2.39. The summed E-state index contributed by atoms with van der Waals surface area (Å²) in [5.41, 5.74) is 2.64. The van der Waals surface area contributed by atoms with E-state index in [1.54, 1.807) is 0 Å². The number of hydrogen-bond donors (Lipinski definition) is 0. The lowest BCUT2D eigenvalue weighted by molar-refractivity contribution is 0.0463. The number of likely N-dealkylation sites (N-methyl/N-ethyl adjacent to an activating group) is 1. The van der Waals surface area contributed by atoms with Crippen molar-refractivity contribution in [2.75, 3.05) is 31.6 Å². The molecule has 31 heavy (non-hydrogen) atoms. The number of halogens is 2. The number of benzene rings is 1. The Morgan fingerprint density at radius 2 is 1.84 bits per heavy atom. The first kappa shape index (κ1) is 21.9. The number of fused-ring (bicyclic) bond motifs is 1. The lowest BCUT2D eigenvalue weighted by atomic mass is 10.2. The van der Waals surface area contributed by atoms with E-state index in [9.17, 15) is 0 Å². The number of imidazole rings is 1. The normalized spacial score (nSPS) is 16.6. The van der Waals surface area contributed by atoms with E-state index >= 15 is 0 Å². The third-order valence-corrected chi connectivity index (χ3v) is 6.76. The van der Waals surface area contributed by atoms with Gasteiger partial charge in [0.05, 0.1) is 21.6 Å². The highest BCUT2D eigenvalue weighted by atomic mass is 35.5.